The Morgan fingerprint density at radius 2 is 1.93 bits per heavy atom. The summed E-state index contributed by atoms with van der Waals surface area (Å²) in [5.41, 5.74) is 0. The van der Waals surface area contributed by atoms with E-state index in [0.29, 0.717) is 0 Å². The minimum Gasteiger partial charge on any atom is -0.306 e. The maximum atomic E-state index is 4.31. The summed E-state index contributed by atoms with van der Waals surface area (Å²) in [7, 11) is 2.23. The Labute approximate surface area is 100 Å². The Kier molecular flexibility index (Phi) is 6.69. The van der Waals surface area contributed by atoms with E-state index >= 15 is 0 Å². The van der Waals surface area contributed by atoms with Gasteiger partial charge in [0.1, 0.15) is 0 Å². The van der Waals surface area contributed by atoms with Crippen LogP contribution in [0.2, 0.25) is 0 Å². The first kappa shape index (κ1) is 13.3. The fraction of sp³-hybridized carbons (Fsp3) is 1.00. The van der Waals surface area contributed by atoms with Gasteiger partial charge in [-0.1, -0.05) is 6.92 Å². The second-order valence-corrected chi connectivity index (χ2v) is 5.09. The molecule has 1 aliphatic heterocycles. The van der Waals surface area contributed by atoms with Gasteiger partial charge < -0.3 is 9.80 Å². The Bertz CT molecular complexity index is 156. The molecule has 0 aromatic heterocycles. The molecule has 90 valence electrons. The highest BCUT2D eigenvalue weighted by molar-refractivity contribution is 7.80. The van der Waals surface area contributed by atoms with Crippen molar-refractivity contribution in [2.45, 2.75) is 38.6 Å². The molecule has 1 fully saturated rings. The molecule has 1 rings (SSSR count). The third-order valence-electron chi connectivity index (χ3n) is 3.32. The Hall–Kier alpha value is 0.270. The fourth-order valence-electron chi connectivity index (χ4n) is 2.40. The quantitative estimate of drug-likeness (QED) is 0.698. The van der Waals surface area contributed by atoms with Gasteiger partial charge in [0.05, 0.1) is 0 Å². The second kappa shape index (κ2) is 7.53. The van der Waals surface area contributed by atoms with Gasteiger partial charge in [0, 0.05) is 6.04 Å². The number of hydrogen-bond donors (Lipinski definition) is 1. The number of piperidine rings is 1. The number of hydrogen-bond acceptors (Lipinski definition) is 3. The number of likely N-dealkylation sites (tertiary alicyclic amines) is 1. The van der Waals surface area contributed by atoms with Gasteiger partial charge in [-0.15, -0.1) is 0 Å². The molecule has 1 saturated heterocycles. The first-order valence-corrected chi connectivity index (χ1v) is 6.94. The van der Waals surface area contributed by atoms with Crippen LogP contribution in [0.3, 0.4) is 0 Å². The molecule has 0 aromatic rings. The SMILES string of the molecule is CCCN(CCCS)C1CCN(C)CC1. The van der Waals surface area contributed by atoms with E-state index in [9.17, 15) is 0 Å². The lowest BCUT2D eigenvalue weighted by atomic mass is 10.0. The molecule has 0 aliphatic carbocycles. The minimum absolute atomic E-state index is 0.834. The first-order valence-electron chi connectivity index (χ1n) is 6.31. The molecule has 0 spiro atoms. The van der Waals surface area contributed by atoms with Gasteiger partial charge in [0.25, 0.3) is 0 Å². The molecule has 0 aromatic carbocycles. The zero-order valence-corrected chi connectivity index (χ0v) is 11.2. The van der Waals surface area contributed by atoms with Crippen LogP contribution in [-0.2, 0) is 0 Å². The predicted molar refractivity (Wildman–Crippen MR) is 70.9 cm³/mol. The van der Waals surface area contributed by atoms with Crippen molar-refractivity contribution in [3.8, 4) is 0 Å². The van der Waals surface area contributed by atoms with Crippen molar-refractivity contribution in [1.29, 1.82) is 0 Å². The molecule has 0 unspecified atom stereocenters. The van der Waals surface area contributed by atoms with Gasteiger partial charge in [-0.05, 0) is 64.7 Å². The second-order valence-electron chi connectivity index (χ2n) is 4.65. The van der Waals surface area contributed by atoms with Gasteiger partial charge >= 0.3 is 0 Å². The van der Waals surface area contributed by atoms with Crippen LogP contribution < -0.4 is 0 Å². The van der Waals surface area contributed by atoms with Crippen LogP contribution in [0.1, 0.15) is 32.6 Å². The van der Waals surface area contributed by atoms with Gasteiger partial charge in [0.2, 0.25) is 0 Å². The van der Waals surface area contributed by atoms with E-state index in [0.717, 1.165) is 11.8 Å². The molecule has 0 N–H and O–H groups in total. The van der Waals surface area contributed by atoms with Crippen LogP contribution in [-0.4, -0.2) is 54.8 Å². The van der Waals surface area contributed by atoms with Crippen LogP contribution in [0.4, 0.5) is 0 Å². The molecule has 0 amide bonds. The molecule has 2 nitrogen and oxygen atoms in total. The molecule has 0 atom stereocenters. The molecule has 0 radical (unpaired) electrons. The maximum Gasteiger partial charge on any atom is 0.0120 e. The Morgan fingerprint density at radius 1 is 1.27 bits per heavy atom. The van der Waals surface area contributed by atoms with Crippen LogP contribution >= 0.6 is 12.6 Å². The van der Waals surface area contributed by atoms with E-state index in [1.807, 2.05) is 0 Å². The molecule has 0 bridgehead atoms. The van der Waals surface area contributed by atoms with Crippen LogP contribution in [0, 0.1) is 0 Å². The molecule has 1 heterocycles. The van der Waals surface area contributed by atoms with Gasteiger partial charge in [-0.3, -0.25) is 0 Å². The molecule has 0 saturated carbocycles. The highest BCUT2D eigenvalue weighted by Gasteiger charge is 2.21. The summed E-state index contributed by atoms with van der Waals surface area (Å²) < 4.78 is 0. The highest BCUT2D eigenvalue weighted by atomic mass is 32.1. The molecular formula is C12H26N2S. The van der Waals surface area contributed by atoms with Gasteiger partial charge in [-0.2, -0.15) is 12.6 Å². The average Bonchev–Trinajstić information content (AvgIpc) is 2.25. The lowest BCUT2D eigenvalue weighted by Crippen LogP contribution is -2.44. The first-order chi connectivity index (χ1) is 7.27. The molecule has 1 aliphatic rings. The van der Waals surface area contributed by atoms with E-state index < -0.39 is 0 Å². The summed E-state index contributed by atoms with van der Waals surface area (Å²) in [5.74, 6) is 1.02. The van der Waals surface area contributed by atoms with E-state index in [-0.39, 0.29) is 0 Å². The summed E-state index contributed by atoms with van der Waals surface area (Å²) in [6.45, 7) is 7.33. The van der Waals surface area contributed by atoms with Crippen molar-refractivity contribution in [2.24, 2.45) is 0 Å². The third-order valence-corrected chi connectivity index (χ3v) is 3.63. The van der Waals surface area contributed by atoms with Crippen molar-refractivity contribution in [1.82, 2.24) is 9.80 Å². The highest BCUT2D eigenvalue weighted by Crippen LogP contribution is 2.16. The fourth-order valence-corrected chi connectivity index (χ4v) is 2.54. The average molecular weight is 230 g/mol. The topological polar surface area (TPSA) is 6.48 Å². The summed E-state index contributed by atoms with van der Waals surface area (Å²) in [6.07, 6.45) is 5.21. The maximum absolute atomic E-state index is 4.31. The third kappa shape index (κ3) is 4.75. The minimum atomic E-state index is 0.834. The summed E-state index contributed by atoms with van der Waals surface area (Å²) in [5, 5.41) is 0. The van der Waals surface area contributed by atoms with Gasteiger partial charge in [-0.25, -0.2) is 0 Å². The van der Waals surface area contributed by atoms with Crippen molar-refractivity contribution in [3.05, 3.63) is 0 Å². The van der Waals surface area contributed by atoms with E-state index in [2.05, 4.69) is 36.4 Å². The molecule has 15 heavy (non-hydrogen) atoms. The van der Waals surface area contributed by atoms with Crippen molar-refractivity contribution >= 4 is 12.6 Å². The van der Waals surface area contributed by atoms with Crippen molar-refractivity contribution < 1.29 is 0 Å². The number of thiol groups is 1. The van der Waals surface area contributed by atoms with E-state index in [4.69, 9.17) is 0 Å². The number of nitrogens with zero attached hydrogens (tertiary/aromatic N) is 2. The standard InChI is InChI=1S/C12H26N2S/c1-3-7-14(8-4-11-15)12-5-9-13(2)10-6-12/h12,15H,3-11H2,1-2H3. The van der Waals surface area contributed by atoms with E-state index in [1.165, 1.54) is 51.9 Å². The lowest BCUT2D eigenvalue weighted by Gasteiger charge is -2.37. The summed E-state index contributed by atoms with van der Waals surface area (Å²) >= 11 is 4.31. The van der Waals surface area contributed by atoms with Crippen molar-refractivity contribution in [2.75, 3.05) is 39.0 Å². The summed E-state index contributed by atoms with van der Waals surface area (Å²) in [6, 6.07) is 0.834. The van der Waals surface area contributed by atoms with Crippen LogP contribution in [0.5, 0.6) is 0 Å². The van der Waals surface area contributed by atoms with Crippen molar-refractivity contribution in [3.63, 3.8) is 0 Å². The smallest absolute Gasteiger partial charge is 0.0120 e. The summed E-state index contributed by atoms with van der Waals surface area (Å²) in [4.78, 5) is 5.13. The Morgan fingerprint density at radius 3 is 2.47 bits per heavy atom. The molecular weight excluding hydrogens is 204 g/mol. The van der Waals surface area contributed by atoms with E-state index in [1.54, 1.807) is 0 Å². The zero-order chi connectivity index (χ0) is 11.1. The Balaban J connectivity index is 2.33. The predicted octanol–water partition coefficient (Wildman–Crippen LogP) is 2.11. The van der Waals surface area contributed by atoms with Crippen LogP contribution in [0.15, 0.2) is 0 Å². The van der Waals surface area contributed by atoms with Crippen LogP contribution in [0.25, 0.3) is 0 Å². The largest absolute Gasteiger partial charge is 0.306 e. The van der Waals surface area contributed by atoms with Gasteiger partial charge in [0.15, 0.2) is 0 Å². The number of rotatable bonds is 6. The molecule has 3 heteroatoms. The normalized spacial score (nSPS) is 20.0. The monoisotopic (exact) mass is 230 g/mol. The zero-order valence-electron chi connectivity index (χ0n) is 10.3. The lowest BCUT2D eigenvalue weighted by molar-refractivity contribution is 0.121.